The van der Waals surface area contributed by atoms with Crippen molar-refractivity contribution in [2.75, 3.05) is 16.8 Å². The molecule has 1 N–H and O–H groups in total. The molecule has 0 bridgehead atoms. The van der Waals surface area contributed by atoms with Crippen LogP contribution >= 0.6 is 11.6 Å². The molecule has 1 aromatic heterocycles. The van der Waals surface area contributed by atoms with E-state index in [-0.39, 0.29) is 18.2 Å². The number of carbonyl (C=O) groups is 2. The highest BCUT2D eigenvalue weighted by atomic mass is 35.5. The van der Waals surface area contributed by atoms with Crippen LogP contribution in [0.1, 0.15) is 12.0 Å². The molecule has 0 radical (unpaired) electrons. The Morgan fingerprint density at radius 3 is 2.81 bits per heavy atom. The number of rotatable bonds is 3. The van der Waals surface area contributed by atoms with Gasteiger partial charge in [0.1, 0.15) is 0 Å². The molecule has 1 aliphatic heterocycles. The number of hydrogen-bond acceptors (Lipinski definition) is 3. The summed E-state index contributed by atoms with van der Waals surface area (Å²) in [5, 5.41) is 4.46. The van der Waals surface area contributed by atoms with Crippen LogP contribution in [-0.4, -0.2) is 23.3 Å². The zero-order valence-electron chi connectivity index (χ0n) is 14.8. The van der Waals surface area contributed by atoms with Gasteiger partial charge in [0.2, 0.25) is 11.8 Å². The van der Waals surface area contributed by atoms with Gasteiger partial charge in [0.05, 0.1) is 17.1 Å². The molecule has 0 saturated carbocycles. The van der Waals surface area contributed by atoms with Crippen molar-refractivity contribution in [1.29, 1.82) is 0 Å². The van der Waals surface area contributed by atoms with Crippen molar-refractivity contribution in [3.63, 3.8) is 0 Å². The van der Waals surface area contributed by atoms with Crippen molar-refractivity contribution in [2.45, 2.75) is 13.3 Å². The van der Waals surface area contributed by atoms with Crippen LogP contribution in [0.25, 0.3) is 10.9 Å². The number of carbonyl (C=O) groups excluding carboxylic acids is 2. The first-order chi connectivity index (χ1) is 13.0. The molecule has 2 heterocycles. The second-order valence-electron chi connectivity index (χ2n) is 6.66. The molecule has 27 heavy (non-hydrogen) atoms. The Labute approximate surface area is 162 Å². The van der Waals surface area contributed by atoms with Crippen molar-refractivity contribution in [1.82, 2.24) is 4.98 Å². The van der Waals surface area contributed by atoms with Crippen LogP contribution in [0, 0.1) is 12.8 Å². The van der Waals surface area contributed by atoms with E-state index in [1.165, 1.54) is 0 Å². The van der Waals surface area contributed by atoms with Gasteiger partial charge in [0.25, 0.3) is 0 Å². The lowest BCUT2D eigenvalue weighted by molar-refractivity contribution is -0.122. The van der Waals surface area contributed by atoms with Crippen LogP contribution in [0.3, 0.4) is 0 Å². The first-order valence-electron chi connectivity index (χ1n) is 8.74. The van der Waals surface area contributed by atoms with Gasteiger partial charge in [-0.1, -0.05) is 35.9 Å². The third kappa shape index (κ3) is 3.26. The fourth-order valence-electron chi connectivity index (χ4n) is 3.40. The molecule has 2 aromatic carbocycles. The highest BCUT2D eigenvalue weighted by molar-refractivity contribution is 6.31. The van der Waals surface area contributed by atoms with Gasteiger partial charge in [0.15, 0.2) is 0 Å². The van der Waals surface area contributed by atoms with Gasteiger partial charge < -0.3 is 10.2 Å². The van der Waals surface area contributed by atoms with E-state index in [2.05, 4.69) is 10.3 Å². The molecule has 136 valence electrons. The molecule has 1 unspecified atom stereocenters. The number of anilines is 2. The number of nitrogens with zero attached hydrogens (tertiary/aromatic N) is 2. The van der Waals surface area contributed by atoms with Crippen LogP contribution in [0.2, 0.25) is 5.02 Å². The Hall–Kier alpha value is -2.92. The predicted molar refractivity (Wildman–Crippen MR) is 107 cm³/mol. The maximum atomic E-state index is 12.7. The van der Waals surface area contributed by atoms with E-state index in [0.29, 0.717) is 17.3 Å². The van der Waals surface area contributed by atoms with E-state index in [1.54, 1.807) is 23.2 Å². The fourth-order valence-corrected chi connectivity index (χ4v) is 3.57. The molecule has 3 aromatic rings. The van der Waals surface area contributed by atoms with Crippen LogP contribution in [0.15, 0.2) is 54.7 Å². The molecule has 1 fully saturated rings. The van der Waals surface area contributed by atoms with E-state index in [0.717, 1.165) is 22.2 Å². The van der Waals surface area contributed by atoms with Gasteiger partial charge in [-0.2, -0.15) is 0 Å². The summed E-state index contributed by atoms with van der Waals surface area (Å²) in [6.07, 6.45) is 1.88. The minimum absolute atomic E-state index is 0.0730. The summed E-state index contributed by atoms with van der Waals surface area (Å²) >= 11 is 6.12. The third-order valence-electron chi connectivity index (χ3n) is 4.92. The quantitative estimate of drug-likeness (QED) is 0.742. The summed E-state index contributed by atoms with van der Waals surface area (Å²) < 4.78 is 0. The minimum Gasteiger partial charge on any atom is -0.325 e. The average molecular weight is 380 g/mol. The number of benzene rings is 2. The van der Waals surface area contributed by atoms with Crippen LogP contribution in [0.5, 0.6) is 0 Å². The van der Waals surface area contributed by atoms with Gasteiger partial charge >= 0.3 is 0 Å². The summed E-state index contributed by atoms with van der Waals surface area (Å²) in [5.41, 5.74) is 2.99. The van der Waals surface area contributed by atoms with Crippen molar-refractivity contribution in [3.8, 4) is 0 Å². The van der Waals surface area contributed by atoms with Gasteiger partial charge in [-0.3, -0.25) is 14.6 Å². The number of halogens is 1. The van der Waals surface area contributed by atoms with Crippen LogP contribution in [-0.2, 0) is 9.59 Å². The molecule has 0 aliphatic carbocycles. The standard InChI is InChI=1S/C21H18ClN3O2/c1-13-16(22)7-3-8-17(13)24-21(27)15-11-19(26)25(12-15)18-9-2-5-14-6-4-10-23-20(14)18/h2-10,15H,11-12H2,1H3,(H,24,27). The molecular weight excluding hydrogens is 362 g/mol. The Bertz CT molecular complexity index is 1050. The first kappa shape index (κ1) is 17.5. The SMILES string of the molecule is Cc1c(Cl)cccc1NC(=O)C1CC(=O)N(c2cccc3cccnc23)C1. The lowest BCUT2D eigenvalue weighted by Crippen LogP contribution is -2.28. The van der Waals surface area contributed by atoms with E-state index in [1.807, 2.05) is 43.3 Å². The van der Waals surface area contributed by atoms with Crippen molar-refractivity contribution >= 4 is 45.7 Å². The number of para-hydroxylation sites is 1. The van der Waals surface area contributed by atoms with E-state index in [9.17, 15) is 9.59 Å². The Balaban J connectivity index is 1.57. The second kappa shape index (κ2) is 7.00. The Kier molecular flexibility index (Phi) is 4.54. The summed E-state index contributed by atoms with van der Waals surface area (Å²) in [5.74, 6) is -0.671. The van der Waals surface area contributed by atoms with Crippen molar-refractivity contribution in [3.05, 3.63) is 65.3 Å². The largest absolute Gasteiger partial charge is 0.325 e. The molecule has 4 rings (SSSR count). The highest BCUT2D eigenvalue weighted by Gasteiger charge is 2.36. The maximum Gasteiger partial charge on any atom is 0.229 e. The normalized spacial score (nSPS) is 16.7. The summed E-state index contributed by atoms with van der Waals surface area (Å²) in [4.78, 5) is 31.4. The number of amides is 2. The van der Waals surface area contributed by atoms with Crippen molar-refractivity contribution < 1.29 is 9.59 Å². The Morgan fingerprint density at radius 2 is 1.96 bits per heavy atom. The van der Waals surface area contributed by atoms with Gasteiger partial charge in [-0.05, 0) is 36.8 Å². The molecule has 1 atom stereocenters. The highest BCUT2D eigenvalue weighted by Crippen LogP contribution is 2.31. The molecule has 5 nitrogen and oxygen atoms in total. The number of aromatic nitrogens is 1. The van der Waals surface area contributed by atoms with Gasteiger partial charge in [-0.15, -0.1) is 0 Å². The molecule has 2 amide bonds. The summed E-state index contributed by atoms with van der Waals surface area (Å²) in [6.45, 7) is 2.19. The number of hydrogen-bond donors (Lipinski definition) is 1. The van der Waals surface area contributed by atoms with Gasteiger partial charge in [-0.25, -0.2) is 0 Å². The third-order valence-corrected chi connectivity index (χ3v) is 5.33. The number of pyridine rings is 1. The monoisotopic (exact) mass is 379 g/mol. The van der Waals surface area contributed by atoms with Gasteiger partial charge in [0, 0.05) is 35.3 Å². The fraction of sp³-hybridized carbons (Fsp3) is 0.190. The first-order valence-corrected chi connectivity index (χ1v) is 9.12. The molecule has 6 heteroatoms. The van der Waals surface area contributed by atoms with E-state index in [4.69, 9.17) is 11.6 Å². The van der Waals surface area contributed by atoms with Crippen LogP contribution < -0.4 is 10.2 Å². The smallest absolute Gasteiger partial charge is 0.229 e. The number of nitrogens with one attached hydrogen (secondary N) is 1. The predicted octanol–water partition coefficient (Wildman–Crippen LogP) is 4.19. The average Bonchev–Trinajstić information content (AvgIpc) is 3.06. The summed E-state index contributed by atoms with van der Waals surface area (Å²) in [7, 11) is 0. The topological polar surface area (TPSA) is 62.3 Å². The molecular formula is C21H18ClN3O2. The zero-order chi connectivity index (χ0) is 19.0. The van der Waals surface area contributed by atoms with E-state index >= 15 is 0 Å². The van der Waals surface area contributed by atoms with E-state index < -0.39 is 5.92 Å². The number of fused-ring (bicyclic) bond motifs is 1. The molecule has 1 saturated heterocycles. The molecule has 0 spiro atoms. The Morgan fingerprint density at radius 1 is 1.19 bits per heavy atom. The maximum absolute atomic E-state index is 12.7. The van der Waals surface area contributed by atoms with Crippen molar-refractivity contribution in [2.24, 2.45) is 5.92 Å². The molecule has 1 aliphatic rings. The lowest BCUT2D eigenvalue weighted by Gasteiger charge is -2.18. The zero-order valence-corrected chi connectivity index (χ0v) is 15.5. The minimum atomic E-state index is -0.421. The second-order valence-corrected chi connectivity index (χ2v) is 7.07. The summed E-state index contributed by atoms with van der Waals surface area (Å²) in [6, 6.07) is 14.9. The van der Waals surface area contributed by atoms with Crippen LogP contribution in [0.4, 0.5) is 11.4 Å². The lowest BCUT2D eigenvalue weighted by atomic mass is 10.1.